The largest absolute Gasteiger partial charge is 0.392 e. The first kappa shape index (κ1) is 12.8. The Hall–Kier alpha value is -1.20. The molecule has 19 heavy (non-hydrogen) atoms. The second-order valence-corrected chi connectivity index (χ2v) is 5.98. The Morgan fingerprint density at radius 1 is 1.26 bits per heavy atom. The van der Waals surface area contributed by atoms with Crippen LogP contribution in [0, 0.1) is 6.92 Å². The molecule has 4 nitrogen and oxygen atoms in total. The van der Waals surface area contributed by atoms with E-state index in [4.69, 9.17) is 4.52 Å². The van der Waals surface area contributed by atoms with Gasteiger partial charge >= 0.3 is 0 Å². The molecule has 0 bridgehead atoms. The molecular weight excluding hydrogens is 260 g/mol. The van der Waals surface area contributed by atoms with Gasteiger partial charge in [-0.05, 0) is 30.7 Å². The van der Waals surface area contributed by atoms with Gasteiger partial charge in [-0.3, -0.25) is 0 Å². The standard InChI is InChI=1S/C14H18N2O2S/c1-9-7-19-8-11(9)13-15-14(18-16-13)10-5-3-2-4-6-12(10)17/h7-8,10,12,17H,2-6H2,1H3. The fraction of sp³-hybridized carbons (Fsp3) is 0.571. The third-order valence-electron chi connectivity index (χ3n) is 3.83. The van der Waals surface area contributed by atoms with Crippen molar-refractivity contribution in [2.75, 3.05) is 0 Å². The Kier molecular flexibility index (Phi) is 3.66. The highest BCUT2D eigenvalue weighted by atomic mass is 32.1. The van der Waals surface area contributed by atoms with Crippen LogP contribution in [0.2, 0.25) is 0 Å². The zero-order valence-corrected chi connectivity index (χ0v) is 11.8. The molecule has 0 amide bonds. The molecule has 5 heteroatoms. The van der Waals surface area contributed by atoms with Crippen molar-refractivity contribution >= 4 is 11.3 Å². The number of hydrogen-bond acceptors (Lipinski definition) is 5. The minimum atomic E-state index is -0.348. The van der Waals surface area contributed by atoms with Crippen molar-refractivity contribution in [2.24, 2.45) is 0 Å². The smallest absolute Gasteiger partial charge is 0.232 e. The summed E-state index contributed by atoms with van der Waals surface area (Å²) in [5.74, 6) is 1.24. The average molecular weight is 278 g/mol. The molecule has 0 aliphatic heterocycles. The summed E-state index contributed by atoms with van der Waals surface area (Å²) in [4.78, 5) is 4.50. The molecule has 0 radical (unpaired) electrons. The van der Waals surface area contributed by atoms with Crippen LogP contribution in [0.4, 0.5) is 0 Å². The summed E-state index contributed by atoms with van der Waals surface area (Å²) < 4.78 is 5.39. The predicted molar refractivity (Wildman–Crippen MR) is 74.2 cm³/mol. The van der Waals surface area contributed by atoms with Gasteiger partial charge in [-0.2, -0.15) is 16.3 Å². The first-order valence-electron chi connectivity index (χ1n) is 6.80. The van der Waals surface area contributed by atoms with Crippen molar-refractivity contribution in [3.8, 4) is 11.4 Å². The predicted octanol–water partition coefficient (Wildman–Crippen LogP) is 3.52. The van der Waals surface area contributed by atoms with E-state index in [1.165, 1.54) is 12.0 Å². The van der Waals surface area contributed by atoms with Crippen molar-refractivity contribution in [2.45, 2.75) is 51.0 Å². The van der Waals surface area contributed by atoms with Gasteiger partial charge < -0.3 is 9.63 Å². The van der Waals surface area contributed by atoms with Gasteiger partial charge in [-0.15, -0.1) is 0 Å². The van der Waals surface area contributed by atoms with Crippen molar-refractivity contribution < 1.29 is 9.63 Å². The monoisotopic (exact) mass is 278 g/mol. The van der Waals surface area contributed by atoms with Gasteiger partial charge in [0.25, 0.3) is 0 Å². The van der Waals surface area contributed by atoms with Crippen molar-refractivity contribution in [3.63, 3.8) is 0 Å². The van der Waals surface area contributed by atoms with Crippen LogP contribution in [0.3, 0.4) is 0 Å². The van der Waals surface area contributed by atoms with Gasteiger partial charge in [0.15, 0.2) is 0 Å². The van der Waals surface area contributed by atoms with Gasteiger partial charge in [-0.1, -0.05) is 24.4 Å². The van der Waals surface area contributed by atoms with E-state index in [9.17, 15) is 5.11 Å². The number of nitrogens with zero attached hydrogens (tertiary/aromatic N) is 2. The van der Waals surface area contributed by atoms with Gasteiger partial charge in [0.1, 0.15) is 0 Å². The molecule has 0 saturated heterocycles. The Balaban J connectivity index is 1.86. The quantitative estimate of drug-likeness (QED) is 0.854. The van der Waals surface area contributed by atoms with Crippen LogP contribution in [-0.2, 0) is 0 Å². The number of aliphatic hydroxyl groups is 1. The minimum absolute atomic E-state index is 0.00249. The Bertz CT molecular complexity index is 549. The molecular formula is C14H18N2O2S. The van der Waals surface area contributed by atoms with Gasteiger partial charge in [-0.25, -0.2) is 0 Å². The highest BCUT2D eigenvalue weighted by Crippen LogP contribution is 2.33. The third-order valence-corrected chi connectivity index (χ3v) is 4.70. The molecule has 1 aliphatic carbocycles. The Morgan fingerprint density at radius 3 is 2.89 bits per heavy atom. The Labute approximate surface area is 116 Å². The first-order chi connectivity index (χ1) is 9.25. The maximum absolute atomic E-state index is 10.2. The fourth-order valence-corrected chi connectivity index (χ4v) is 3.49. The molecule has 1 fully saturated rings. The third kappa shape index (κ3) is 2.58. The lowest BCUT2D eigenvalue weighted by atomic mass is 9.97. The maximum Gasteiger partial charge on any atom is 0.232 e. The minimum Gasteiger partial charge on any atom is -0.392 e. The number of thiophene rings is 1. The molecule has 2 unspecified atom stereocenters. The summed E-state index contributed by atoms with van der Waals surface area (Å²) >= 11 is 1.64. The molecule has 102 valence electrons. The van der Waals surface area contributed by atoms with Crippen molar-refractivity contribution in [1.82, 2.24) is 10.1 Å². The van der Waals surface area contributed by atoms with E-state index < -0.39 is 0 Å². The summed E-state index contributed by atoms with van der Waals surface area (Å²) in [6, 6.07) is 0. The molecule has 0 aromatic carbocycles. The van der Waals surface area contributed by atoms with Crippen LogP contribution < -0.4 is 0 Å². The normalized spacial score (nSPS) is 24.3. The lowest BCUT2D eigenvalue weighted by molar-refractivity contribution is 0.119. The molecule has 2 aromatic heterocycles. The lowest BCUT2D eigenvalue weighted by Gasteiger charge is -2.15. The number of aliphatic hydroxyl groups excluding tert-OH is 1. The number of aromatic nitrogens is 2. The summed E-state index contributed by atoms with van der Waals surface area (Å²) in [5, 5.41) is 18.4. The van der Waals surface area contributed by atoms with Crippen LogP contribution >= 0.6 is 11.3 Å². The lowest BCUT2D eigenvalue weighted by Crippen LogP contribution is -2.17. The molecule has 0 spiro atoms. The molecule has 2 aromatic rings. The topological polar surface area (TPSA) is 59.2 Å². The summed E-state index contributed by atoms with van der Waals surface area (Å²) in [6.07, 6.45) is 4.81. The van der Waals surface area contributed by atoms with Crippen LogP contribution in [-0.4, -0.2) is 21.4 Å². The van der Waals surface area contributed by atoms with E-state index in [0.717, 1.165) is 31.2 Å². The fourth-order valence-electron chi connectivity index (χ4n) is 2.66. The van der Waals surface area contributed by atoms with E-state index in [1.807, 2.05) is 12.3 Å². The van der Waals surface area contributed by atoms with E-state index in [0.29, 0.717) is 11.7 Å². The molecule has 1 saturated carbocycles. The second-order valence-electron chi connectivity index (χ2n) is 5.24. The van der Waals surface area contributed by atoms with Crippen LogP contribution in [0.1, 0.15) is 49.5 Å². The summed E-state index contributed by atoms with van der Waals surface area (Å²) in [7, 11) is 0. The second kappa shape index (κ2) is 5.43. The number of rotatable bonds is 2. The maximum atomic E-state index is 10.2. The van der Waals surface area contributed by atoms with E-state index in [2.05, 4.69) is 15.5 Å². The highest BCUT2D eigenvalue weighted by molar-refractivity contribution is 7.08. The van der Waals surface area contributed by atoms with Gasteiger partial charge in [0, 0.05) is 10.9 Å². The molecule has 2 atom stereocenters. The van der Waals surface area contributed by atoms with Crippen molar-refractivity contribution in [3.05, 3.63) is 22.2 Å². The van der Waals surface area contributed by atoms with Gasteiger partial charge in [0.2, 0.25) is 11.7 Å². The van der Waals surface area contributed by atoms with Crippen LogP contribution in [0.25, 0.3) is 11.4 Å². The van der Waals surface area contributed by atoms with Gasteiger partial charge in [0.05, 0.1) is 12.0 Å². The van der Waals surface area contributed by atoms with Crippen LogP contribution in [0.15, 0.2) is 15.3 Å². The summed E-state index contributed by atoms with van der Waals surface area (Å²) in [6.45, 7) is 2.04. The first-order valence-corrected chi connectivity index (χ1v) is 7.75. The van der Waals surface area contributed by atoms with E-state index in [-0.39, 0.29) is 12.0 Å². The molecule has 2 heterocycles. The zero-order chi connectivity index (χ0) is 13.2. The highest BCUT2D eigenvalue weighted by Gasteiger charge is 2.28. The summed E-state index contributed by atoms with van der Waals surface area (Å²) in [5.41, 5.74) is 2.20. The van der Waals surface area contributed by atoms with E-state index in [1.54, 1.807) is 11.3 Å². The molecule has 1 N–H and O–H groups in total. The van der Waals surface area contributed by atoms with Crippen molar-refractivity contribution in [1.29, 1.82) is 0 Å². The average Bonchev–Trinajstić information content (AvgIpc) is 2.97. The molecule has 1 aliphatic rings. The van der Waals surface area contributed by atoms with E-state index >= 15 is 0 Å². The van der Waals surface area contributed by atoms with Crippen LogP contribution in [0.5, 0.6) is 0 Å². The number of aryl methyl sites for hydroxylation is 1. The Morgan fingerprint density at radius 2 is 2.11 bits per heavy atom. The zero-order valence-electron chi connectivity index (χ0n) is 11.0. The number of hydrogen-bond donors (Lipinski definition) is 1. The SMILES string of the molecule is Cc1cscc1-c1noc(C2CCCCCC2O)n1. The molecule has 3 rings (SSSR count).